The van der Waals surface area contributed by atoms with E-state index in [1.165, 1.54) is 6.07 Å². The minimum atomic E-state index is -0.969. The molecule has 0 bridgehead atoms. The summed E-state index contributed by atoms with van der Waals surface area (Å²) in [7, 11) is 0. The van der Waals surface area contributed by atoms with E-state index in [1.807, 2.05) is 25.1 Å². The van der Waals surface area contributed by atoms with Crippen LogP contribution >= 0.6 is 0 Å². The van der Waals surface area contributed by atoms with Crippen LogP contribution in [-0.2, 0) is 0 Å². The molecule has 0 spiro atoms. The molecule has 0 atom stereocenters. The van der Waals surface area contributed by atoms with Gasteiger partial charge in [-0.3, -0.25) is 0 Å². The van der Waals surface area contributed by atoms with Gasteiger partial charge in [0.25, 0.3) is 0 Å². The van der Waals surface area contributed by atoms with Crippen molar-refractivity contribution in [3.63, 3.8) is 0 Å². The minimum absolute atomic E-state index is 0.142. The van der Waals surface area contributed by atoms with Gasteiger partial charge in [0, 0.05) is 11.8 Å². The van der Waals surface area contributed by atoms with Crippen LogP contribution in [0.3, 0.4) is 0 Å². The van der Waals surface area contributed by atoms with Gasteiger partial charge in [-0.25, -0.2) is 13.6 Å². The van der Waals surface area contributed by atoms with E-state index < -0.39 is 11.6 Å². The first-order valence-electron chi connectivity index (χ1n) is 8.10. The van der Waals surface area contributed by atoms with E-state index in [-0.39, 0.29) is 30.9 Å². The molecule has 0 fully saturated rings. The minimum Gasteiger partial charge on any atom is -0.492 e. The van der Waals surface area contributed by atoms with Crippen molar-refractivity contribution >= 4 is 11.7 Å². The zero-order valence-corrected chi connectivity index (χ0v) is 14.5. The molecule has 2 amide bonds. The molecule has 2 rings (SSSR count). The highest BCUT2D eigenvalue weighted by Gasteiger charge is 2.11. The van der Waals surface area contributed by atoms with Crippen molar-refractivity contribution in [3.8, 4) is 5.75 Å². The van der Waals surface area contributed by atoms with Crippen LogP contribution < -0.4 is 15.4 Å². The molecule has 2 aromatic carbocycles. The number of urea groups is 1. The van der Waals surface area contributed by atoms with Crippen LogP contribution in [0.2, 0.25) is 0 Å². The van der Waals surface area contributed by atoms with Gasteiger partial charge in [0.05, 0.1) is 6.54 Å². The maximum Gasteiger partial charge on any atom is 0.319 e. The predicted octanol–water partition coefficient (Wildman–Crippen LogP) is 4.60. The predicted molar refractivity (Wildman–Crippen MR) is 94.1 cm³/mol. The number of carbonyl (C=O) groups excluding carboxylic acids is 1. The molecule has 0 saturated heterocycles. The van der Waals surface area contributed by atoms with Gasteiger partial charge >= 0.3 is 6.03 Å². The van der Waals surface area contributed by atoms with Crippen molar-refractivity contribution in [1.29, 1.82) is 0 Å². The van der Waals surface area contributed by atoms with Crippen molar-refractivity contribution in [3.05, 3.63) is 59.2 Å². The van der Waals surface area contributed by atoms with Crippen molar-refractivity contribution < 1.29 is 18.3 Å². The molecule has 2 N–H and O–H groups in total. The second kappa shape index (κ2) is 8.46. The summed E-state index contributed by atoms with van der Waals surface area (Å²) >= 11 is 0. The van der Waals surface area contributed by atoms with Gasteiger partial charge in [-0.2, -0.15) is 0 Å². The quantitative estimate of drug-likeness (QED) is 0.750. The molecule has 0 aromatic heterocycles. The van der Waals surface area contributed by atoms with Crippen LogP contribution in [0.1, 0.15) is 30.9 Å². The van der Waals surface area contributed by atoms with Crippen LogP contribution in [0.25, 0.3) is 0 Å². The van der Waals surface area contributed by atoms with Crippen LogP contribution in [-0.4, -0.2) is 19.2 Å². The van der Waals surface area contributed by atoms with E-state index in [2.05, 4.69) is 24.5 Å². The molecule has 4 nitrogen and oxygen atoms in total. The van der Waals surface area contributed by atoms with Gasteiger partial charge in [-0.05, 0) is 36.1 Å². The number of hydrogen-bond donors (Lipinski definition) is 2. The molecule has 25 heavy (non-hydrogen) atoms. The number of ether oxygens (including phenoxy) is 1. The van der Waals surface area contributed by atoms with E-state index in [9.17, 15) is 13.6 Å². The largest absolute Gasteiger partial charge is 0.492 e. The molecule has 0 unspecified atom stereocenters. The molecule has 134 valence electrons. The number of nitrogens with one attached hydrogen (secondary N) is 2. The fourth-order valence-electron chi connectivity index (χ4n) is 2.40. The van der Waals surface area contributed by atoms with Crippen LogP contribution in [0.4, 0.5) is 19.3 Å². The Morgan fingerprint density at radius 2 is 1.92 bits per heavy atom. The summed E-state index contributed by atoms with van der Waals surface area (Å²) in [4.78, 5) is 12.1. The van der Waals surface area contributed by atoms with Crippen molar-refractivity contribution in [2.24, 2.45) is 0 Å². The Morgan fingerprint density at radius 1 is 1.16 bits per heavy atom. The van der Waals surface area contributed by atoms with Gasteiger partial charge in [0.1, 0.15) is 12.4 Å². The molecule has 6 heteroatoms. The van der Waals surface area contributed by atoms with E-state index >= 15 is 0 Å². The van der Waals surface area contributed by atoms with Crippen LogP contribution in [0.15, 0.2) is 36.4 Å². The average Bonchev–Trinajstić information content (AvgIpc) is 2.56. The standard InChI is InChI=1S/C19H22F2N2O2/c1-12(2)15-6-4-5-13(3)18(15)23-19(24)22-9-10-25-14-7-8-16(20)17(21)11-14/h4-8,11-12H,9-10H2,1-3H3,(H2,22,23,24). The lowest BCUT2D eigenvalue weighted by atomic mass is 9.98. The highest BCUT2D eigenvalue weighted by atomic mass is 19.2. The number of aryl methyl sites for hydroxylation is 1. The first-order chi connectivity index (χ1) is 11.9. The first kappa shape index (κ1) is 18.7. The number of rotatable bonds is 6. The highest BCUT2D eigenvalue weighted by Crippen LogP contribution is 2.27. The summed E-state index contributed by atoms with van der Waals surface area (Å²) in [6, 6.07) is 8.84. The van der Waals surface area contributed by atoms with E-state index in [0.717, 1.165) is 28.9 Å². The topological polar surface area (TPSA) is 50.4 Å². The first-order valence-corrected chi connectivity index (χ1v) is 8.10. The summed E-state index contributed by atoms with van der Waals surface area (Å²) in [5, 5.41) is 5.54. The Kier molecular flexibility index (Phi) is 6.33. The van der Waals surface area contributed by atoms with Crippen LogP contribution in [0, 0.1) is 18.6 Å². The molecule has 0 heterocycles. The lowest BCUT2D eigenvalue weighted by Gasteiger charge is -2.17. The summed E-state index contributed by atoms with van der Waals surface area (Å²) in [6.45, 7) is 6.44. The van der Waals surface area contributed by atoms with E-state index in [4.69, 9.17) is 4.74 Å². The molecule has 0 aliphatic heterocycles. The Morgan fingerprint density at radius 3 is 2.60 bits per heavy atom. The van der Waals surface area contributed by atoms with Gasteiger partial charge in [-0.15, -0.1) is 0 Å². The smallest absolute Gasteiger partial charge is 0.319 e. The average molecular weight is 348 g/mol. The number of benzene rings is 2. The number of anilines is 1. The number of hydrogen-bond acceptors (Lipinski definition) is 2. The zero-order valence-electron chi connectivity index (χ0n) is 14.5. The summed E-state index contributed by atoms with van der Waals surface area (Å²) in [6.07, 6.45) is 0. The van der Waals surface area contributed by atoms with Crippen LogP contribution in [0.5, 0.6) is 5.75 Å². The van der Waals surface area contributed by atoms with Gasteiger partial charge in [-0.1, -0.05) is 32.0 Å². The van der Waals surface area contributed by atoms with Gasteiger partial charge in [0.15, 0.2) is 11.6 Å². The third kappa shape index (κ3) is 5.17. The maximum atomic E-state index is 13.1. The second-order valence-electron chi connectivity index (χ2n) is 6.00. The molecule has 0 aliphatic carbocycles. The molecule has 2 aromatic rings. The Labute approximate surface area is 146 Å². The normalized spacial score (nSPS) is 10.6. The summed E-state index contributed by atoms with van der Waals surface area (Å²) < 4.78 is 31.2. The lowest BCUT2D eigenvalue weighted by molar-refractivity contribution is 0.247. The lowest BCUT2D eigenvalue weighted by Crippen LogP contribution is -2.32. The monoisotopic (exact) mass is 348 g/mol. The number of halogens is 2. The highest BCUT2D eigenvalue weighted by molar-refractivity contribution is 5.91. The maximum absolute atomic E-state index is 13.1. The van der Waals surface area contributed by atoms with E-state index in [0.29, 0.717) is 0 Å². The molecule has 0 aliphatic rings. The SMILES string of the molecule is Cc1cccc(C(C)C)c1NC(=O)NCCOc1ccc(F)c(F)c1. The Balaban J connectivity index is 1.84. The second-order valence-corrected chi connectivity index (χ2v) is 6.00. The van der Waals surface area contributed by atoms with Crippen molar-refractivity contribution in [2.45, 2.75) is 26.7 Å². The van der Waals surface area contributed by atoms with Crippen molar-refractivity contribution in [2.75, 3.05) is 18.5 Å². The third-order valence-electron chi connectivity index (χ3n) is 3.71. The fourth-order valence-corrected chi connectivity index (χ4v) is 2.40. The molecular weight excluding hydrogens is 326 g/mol. The molecule has 0 radical (unpaired) electrons. The van der Waals surface area contributed by atoms with E-state index in [1.54, 1.807) is 0 Å². The third-order valence-corrected chi connectivity index (χ3v) is 3.71. The summed E-state index contributed by atoms with van der Waals surface area (Å²) in [5.74, 6) is -1.40. The fraction of sp³-hybridized carbons (Fsp3) is 0.316. The number of para-hydroxylation sites is 1. The zero-order chi connectivity index (χ0) is 18.4. The van der Waals surface area contributed by atoms with Crippen molar-refractivity contribution in [1.82, 2.24) is 5.32 Å². The van der Waals surface area contributed by atoms with Gasteiger partial charge < -0.3 is 15.4 Å². The Bertz CT molecular complexity index is 748. The molecular formula is C19H22F2N2O2. The van der Waals surface area contributed by atoms with Gasteiger partial charge in [0.2, 0.25) is 0 Å². The Hall–Kier alpha value is -2.63. The summed E-state index contributed by atoms with van der Waals surface area (Å²) in [5.41, 5.74) is 2.85. The number of carbonyl (C=O) groups is 1. The molecule has 0 saturated carbocycles. The number of amides is 2.